The molecule has 2 rings (SSSR count). The van der Waals surface area contributed by atoms with Gasteiger partial charge in [-0.1, -0.05) is 0 Å². The van der Waals surface area contributed by atoms with Crippen LogP contribution in [0.25, 0.3) is 0 Å². The molecule has 68 valence electrons. The predicted octanol–water partition coefficient (Wildman–Crippen LogP) is 0.465. The Morgan fingerprint density at radius 2 is 2.38 bits per heavy atom. The summed E-state index contributed by atoms with van der Waals surface area (Å²) >= 11 is 0. The van der Waals surface area contributed by atoms with E-state index in [-0.39, 0.29) is 5.91 Å². The van der Waals surface area contributed by atoms with Gasteiger partial charge in [0.1, 0.15) is 0 Å². The van der Waals surface area contributed by atoms with Crippen molar-refractivity contribution in [3.05, 3.63) is 24.0 Å². The van der Waals surface area contributed by atoms with Crippen LogP contribution in [0, 0.1) is 0 Å². The molecule has 2 heterocycles. The summed E-state index contributed by atoms with van der Waals surface area (Å²) in [6.45, 7) is 1.23. The number of nitrogens with zero attached hydrogens (tertiary/aromatic N) is 2. The number of hydrogen-bond acceptors (Lipinski definition) is 3. The van der Waals surface area contributed by atoms with E-state index in [2.05, 4.69) is 10.3 Å². The highest BCUT2D eigenvalue weighted by molar-refractivity contribution is 5.93. The van der Waals surface area contributed by atoms with Gasteiger partial charge in [0.25, 0.3) is 0 Å². The quantitative estimate of drug-likeness (QED) is 0.626. The Labute approximate surface area is 76.6 Å². The van der Waals surface area contributed by atoms with Gasteiger partial charge in [0.05, 0.1) is 18.4 Å². The molecule has 1 amide bonds. The van der Waals surface area contributed by atoms with E-state index in [4.69, 9.17) is 0 Å². The molecule has 0 spiro atoms. The van der Waals surface area contributed by atoms with Crippen molar-refractivity contribution in [1.82, 2.24) is 9.88 Å². The van der Waals surface area contributed by atoms with Crippen molar-refractivity contribution < 1.29 is 4.79 Å². The van der Waals surface area contributed by atoms with Crippen LogP contribution in [0.2, 0.25) is 0 Å². The summed E-state index contributed by atoms with van der Waals surface area (Å²) in [5.41, 5.74) is 1.94. The van der Waals surface area contributed by atoms with Gasteiger partial charge in [-0.2, -0.15) is 0 Å². The van der Waals surface area contributed by atoms with E-state index < -0.39 is 0 Å². The van der Waals surface area contributed by atoms with E-state index in [1.807, 2.05) is 18.0 Å². The number of amides is 1. The predicted molar refractivity (Wildman–Crippen MR) is 49.2 cm³/mol. The van der Waals surface area contributed by atoms with Crippen molar-refractivity contribution in [2.45, 2.75) is 6.54 Å². The van der Waals surface area contributed by atoms with Crippen LogP contribution in [-0.2, 0) is 11.3 Å². The molecular weight excluding hydrogens is 166 g/mol. The number of nitrogens with one attached hydrogen (secondary N) is 1. The van der Waals surface area contributed by atoms with Gasteiger partial charge >= 0.3 is 0 Å². The summed E-state index contributed by atoms with van der Waals surface area (Å²) in [7, 11) is 1.93. The van der Waals surface area contributed by atoms with Crippen LogP contribution in [-0.4, -0.2) is 29.4 Å². The van der Waals surface area contributed by atoms with E-state index in [1.165, 1.54) is 0 Å². The molecule has 4 nitrogen and oxygen atoms in total. The normalized spacial score (nSPS) is 17.5. The number of carbonyl (C=O) groups excluding carboxylic acids is 1. The lowest BCUT2D eigenvalue weighted by molar-refractivity contribution is -0.116. The van der Waals surface area contributed by atoms with E-state index in [0.717, 1.165) is 17.8 Å². The fourth-order valence-electron chi connectivity index (χ4n) is 1.46. The number of anilines is 1. The first-order chi connectivity index (χ1) is 6.25. The third kappa shape index (κ3) is 1.67. The van der Waals surface area contributed by atoms with Gasteiger partial charge in [-0.15, -0.1) is 0 Å². The maximum absolute atomic E-state index is 11.3. The molecule has 0 saturated heterocycles. The number of pyridine rings is 1. The highest BCUT2D eigenvalue weighted by Crippen LogP contribution is 2.17. The lowest BCUT2D eigenvalue weighted by Gasteiger charge is -2.10. The molecule has 1 aromatic heterocycles. The zero-order valence-corrected chi connectivity index (χ0v) is 7.45. The van der Waals surface area contributed by atoms with Crippen molar-refractivity contribution in [2.75, 3.05) is 18.9 Å². The van der Waals surface area contributed by atoms with Crippen LogP contribution in [0.3, 0.4) is 0 Å². The Kier molecular flexibility index (Phi) is 1.98. The molecule has 0 radical (unpaired) electrons. The van der Waals surface area contributed by atoms with Crippen LogP contribution in [0.5, 0.6) is 0 Å². The van der Waals surface area contributed by atoms with E-state index in [9.17, 15) is 4.79 Å². The Balaban J connectivity index is 2.38. The second-order valence-corrected chi connectivity index (χ2v) is 3.25. The summed E-state index contributed by atoms with van der Waals surface area (Å²) in [5.74, 6) is 0.0225. The fourth-order valence-corrected chi connectivity index (χ4v) is 1.46. The van der Waals surface area contributed by atoms with Gasteiger partial charge in [-0.05, 0) is 18.7 Å². The number of aromatic nitrogens is 1. The summed E-state index contributed by atoms with van der Waals surface area (Å²) in [5, 5.41) is 2.81. The molecule has 0 saturated carbocycles. The topological polar surface area (TPSA) is 45.2 Å². The lowest BCUT2D eigenvalue weighted by atomic mass is 10.2. The highest BCUT2D eigenvalue weighted by Gasteiger charge is 2.15. The first kappa shape index (κ1) is 8.19. The molecule has 4 heteroatoms. The van der Waals surface area contributed by atoms with E-state index in [1.54, 1.807) is 12.4 Å². The Bertz CT molecular complexity index is 337. The number of likely N-dealkylation sites (N-methyl/N-ethyl adjacent to an activating group) is 1. The van der Waals surface area contributed by atoms with Crippen molar-refractivity contribution in [3.8, 4) is 0 Å². The molecular formula is C9H11N3O. The Morgan fingerprint density at radius 1 is 1.54 bits per heavy atom. The largest absolute Gasteiger partial charge is 0.323 e. The van der Waals surface area contributed by atoms with Crippen molar-refractivity contribution in [3.63, 3.8) is 0 Å². The number of hydrogen-bond donors (Lipinski definition) is 1. The van der Waals surface area contributed by atoms with Crippen LogP contribution in [0.15, 0.2) is 18.5 Å². The molecule has 1 N–H and O–H groups in total. The molecule has 1 aliphatic rings. The Morgan fingerprint density at radius 3 is 3.23 bits per heavy atom. The van der Waals surface area contributed by atoms with Gasteiger partial charge in [-0.3, -0.25) is 14.7 Å². The van der Waals surface area contributed by atoms with Crippen LogP contribution in [0.1, 0.15) is 5.56 Å². The average Bonchev–Trinajstić information content (AvgIpc) is 2.20. The SMILES string of the molecule is CN1CC(=O)Nc2cnccc2C1. The standard InChI is InChI=1S/C9H11N3O/c1-12-5-7-2-3-10-4-8(7)11-9(13)6-12/h2-4H,5-6H2,1H3,(H,11,13). The van der Waals surface area contributed by atoms with Gasteiger partial charge in [-0.25, -0.2) is 0 Å². The summed E-state index contributed by atoms with van der Waals surface area (Å²) in [6.07, 6.45) is 3.43. The average molecular weight is 177 g/mol. The first-order valence-corrected chi connectivity index (χ1v) is 4.17. The van der Waals surface area contributed by atoms with Crippen LogP contribution in [0.4, 0.5) is 5.69 Å². The Hall–Kier alpha value is -1.42. The lowest BCUT2D eigenvalue weighted by Crippen LogP contribution is -2.26. The van der Waals surface area contributed by atoms with Gasteiger partial charge in [0.2, 0.25) is 5.91 Å². The first-order valence-electron chi connectivity index (χ1n) is 4.17. The molecule has 0 aromatic carbocycles. The highest BCUT2D eigenvalue weighted by atomic mass is 16.2. The molecule has 0 bridgehead atoms. The second-order valence-electron chi connectivity index (χ2n) is 3.25. The molecule has 0 fully saturated rings. The number of fused-ring (bicyclic) bond motifs is 1. The molecule has 1 aromatic rings. The van der Waals surface area contributed by atoms with Gasteiger partial charge in [0.15, 0.2) is 0 Å². The van der Waals surface area contributed by atoms with E-state index >= 15 is 0 Å². The minimum absolute atomic E-state index is 0.0225. The zero-order valence-electron chi connectivity index (χ0n) is 7.45. The molecule has 1 aliphatic heterocycles. The summed E-state index contributed by atoms with van der Waals surface area (Å²) in [4.78, 5) is 17.2. The maximum atomic E-state index is 11.3. The fraction of sp³-hybridized carbons (Fsp3) is 0.333. The summed E-state index contributed by atoms with van der Waals surface area (Å²) in [6, 6.07) is 1.93. The molecule has 0 unspecified atom stereocenters. The monoisotopic (exact) mass is 177 g/mol. The van der Waals surface area contributed by atoms with Gasteiger partial charge in [0, 0.05) is 12.7 Å². The van der Waals surface area contributed by atoms with Crippen LogP contribution >= 0.6 is 0 Å². The van der Waals surface area contributed by atoms with Crippen LogP contribution < -0.4 is 5.32 Å². The number of rotatable bonds is 0. The second kappa shape index (κ2) is 3.14. The third-order valence-electron chi connectivity index (χ3n) is 2.04. The molecule has 0 aliphatic carbocycles. The van der Waals surface area contributed by atoms with Crippen molar-refractivity contribution in [1.29, 1.82) is 0 Å². The third-order valence-corrected chi connectivity index (χ3v) is 2.04. The number of carbonyl (C=O) groups is 1. The van der Waals surface area contributed by atoms with Crippen molar-refractivity contribution in [2.24, 2.45) is 0 Å². The van der Waals surface area contributed by atoms with E-state index in [0.29, 0.717) is 6.54 Å². The minimum Gasteiger partial charge on any atom is -0.323 e. The molecule has 0 atom stereocenters. The molecule has 13 heavy (non-hydrogen) atoms. The zero-order chi connectivity index (χ0) is 9.26. The van der Waals surface area contributed by atoms with Gasteiger partial charge < -0.3 is 5.32 Å². The van der Waals surface area contributed by atoms with Crippen molar-refractivity contribution >= 4 is 11.6 Å². The maximum Gasteiger partial charge on any atom is 0.238 e. The summed E-state index contributed by atoms with van der Waals surface area (Å²) < 4.78 is 0. The minimum atomic E-state index is 0.0225. The smallest absolute Gasteiger partial charge is 0.238 e.